The molecular formula is C19H19N3O2S. The molecule has 0 unspecified atom stereocenters. The van der Waals surface area contributed by atoms with Crippen LogP contribution in [0.3, 0.4) is 0 Å². The standard InChI is InChI=1S/C19H19N3O2S/c1-14-17(11-18(23)21-12-15-7-5-6-10-20-15)25-19(22-14)13-24-16-8-3-2-4-9-16/h2-10H,11-13H2,1H3,(H,21,23). The number of amides is 1. The zero-order chi connectivity index (χ0) is 17.5. The highest BCUT2D eigenvalue weighted by Crippen LogP contribution is 2.20. The van der Waals surface area contributed by atoms with Gasteiger partial charge in [-0.2, -0.15) is 0 Å². The van der Waals surface area contributed by atoms with E-state index in [2.05, 4.69) is 15.3 Å². The Balaban J connectivity index is 1.52. The lowest BCUT2D eigenvalue weighted by molar-refractivity contribution is -0.120. The topological polar surface area (TPSA) is 64.1 Å². The van der Waals surface area contributed by atoms with Gasteiger partial charge in [-0.25, -0.2) is 4.98 Å². The normalized spacial score (nSPS) is 10.4. The molecule has 3 aromatic rings. The number of benzene rings is 1. The number of nitrogens with one attached hydrogen (secondary N) is 1. The maximum Gasteiger partial charge on any atom is 0.225 e. The number of carbonyl (C=O) groups excluding carboxylic acids is 1. The maximum atomic E-state index is 12.1. The highest BCUT2D eigenvalue weighted by atomic mass is 32.1. The molecule has 0 bridgehead atoms. The fourth-order valence-electron chi connectivity index (χ4n) is 2.28. The highest BCUT2D eigenvalue weighted by molar-refractivity contribution is 7.11. The molecule has 0 saturated carbocycles. The summed E-state index contributed by atoms with van der Waals surface area (Å²) in [5.74, 6) is 0.776. The number of aromatic nitrogens is 2. The molecule has 1 amide bonds. The minimum Gasteiger partial charge on any atom is -0.486 e. The molecule has 6 heteroatoms. The molecule has 0 atom stereocenters. The fraction of sp³-hybridized carbons (Fsp3) is 0.211. The molecule has 25 heavy (non-hydrogen) atoms. The average molecular weight is 353 g/mol. The Bertz CT molecular complexity index is 819. The van der Waals surface area contributed by atoms with Crippen molar-refractivity contribution in [3.8, 4) is 5.75 Å². The van der Waals surface area contributed by atoms with Crippen molar-refractivity contribution in [3.05, 3.63) is 76.0 Å². The Kier molecular flexibility index (Phi) is 5.74. The summed E-state index contributed by atoms with van der Waals surface area (Å²) in [5.41, 5.74) is 1.72. The van der Waals surface area contributed by atoms with Gasteiger partial charge in [0.2, 0.25) is 5.91 Å². The van der Waals surface area contributed by atoms with Crippen LogP contribution in [0.1, 0.15) is 21.3 Å². The lowest BCUT2D eigenvalue weighted by atomic mass is 10.3. The number of carbonyl (C=O) groups is 1. The van der Waals surface area contributed by atoms with Gasteiger partial charge in [-0.3, -0.25) is 9.78 Å². The van der Waals surface area contributed by atoms with Gasteiger partial charge in [-0.05, 0) is 31.2 Å². The third-order valence-corrected chi connectivity index (χ3v) is 4.69. The van der Waals surface area contributed by atoms with E-state index in [0.717, 1.165) is 27.0 Å². The van der Waals surface area contributed by atoms with Gasteiger partial charge in [0.25, 0.3) is 0 Å². The number of ether oxygens (including phenoxy) is 1. The lowest BCUT2D eigenvalue weighted by Crippen LogP contribution is -2.24. The molecule has 0 radical (unpaired) electrons. The minimum atomic E-state index is -0.0343. The molecule has 0 aliphatic heterocycles. The number of hydrogen-bond acceptors (Lipinski definition) is 5. The van der Waals surface area contributed by atoms with Gasteiger partial charge in [0.15, 0.2) is 0 Å². The fourth-order valence-corrected chi connectivity index (χ4v) is 3.26. The number of nitrogens with zero attached hydrogens (tertiary/aromatic N) is 2. The van der Waals surface area contributed by atoms with Crippen LogP contribution in [-0.4, -0.2) is 15.9 Å². The van der Waals surface area contributed by atoms with Crippen LogP contribution in [0, 0.1) is 6.92 Å². The summed E-state index contributed by atoms with van der Waals surface area (Å²) >= 11 is 1.52. The Labute approximate surface area is 150 Å². The Morgan fingerprint density at radius 1 is 1.16 bits per heavy atom. The molecule has 0 spiro atoms. The minimum absolute atomic E-state index is 0.0343. The monoisotopic (exact) mass is 353 g/mol. The van der Waals surface area contributed by atoms with Gasteiger partial charge in [-0.15, -0.1) is 11.3 Å². The molecule has 1 N–H and O–H groups in total. The summed E-state index contributed by atoms with van der Waals surface area (Å²) in [5, 5.41) is 3.76. The Hall–Kier alpha value is -2.73. The van der Waals surface area contributed by atoms with Crippen LogP contribution in [0.15, 0.2) is 54.7 Å². The first-order valence-corrected chi connectivity index (χ1v) is 8.82. The summed E-state index contributed by atoms with van der Waals surface area (Å²) in [6, 6.07) is 15.3. The molecule has 2 aromatic heterocycles. The quantitative estimate of drug-likeness (QED) is 0.708. The van der Waals surface area contributed by atoms with Crippen molar-refractivity contribution < 1.29 is 9.53 Å². The van der Waals surface area contributed by atoms with Gasteiger partial charge in [0.05, 0.1) is 24.4 Å². The molecule has 2 heterocycles. The van der Waals surface area contributed by atoms with Gasteiger partial charge in [0.1, 0.15) is 17.4 Å². The van der Waals surface area contributed by atoms with Crippen molar-refractivity contribution >= 4 is 17.2 Å². The summed E-state index contributed by atoms with van der Waals surface area (Å²) < 4.78 is 5.71. The molecule has 0 saturated heterocycles. The molecule has 3 rings (SSSR count). The second kappa shape index (κ2) is 8.39. The summed E-state index contributed by atoms with van der Waals surface area (Å²) in [7, 11) is 0. The zero-order valence-electron chi connectivity index (χ0n) is 13.9. The van der Waals surface area contributed by atoms with Crippen molar-refractivity contribution in [3.63, 3.8) is 0 Å². The van der Waals surface area contributed by atoms with Crippen LogP contribution in [0.4, 0.5) is 0 Å². The second-order valence-electron chi connectivity index (χ2n) is 5.49. The van der Waals surface area contributed by atoms with Crippen LogP contribution in [-0.2, 0) is 24.4 Å². The van der Waals surface area contributed by atoms with Gasteiger partial charge in [-0.1, -0.05) is 24.3 Å². The van der Waals surface area contributed by atoms with Crippen molar-refractivity contribution in [2.75, 3.05) is 0 Å². The smallest absolute Gasteiger partial charge is 0.225 e. The predicted octanol–water partition coefficient (Wildman–Crippen LogP) is 3.28. The van der Waals surface area contributed by atoms with E-state index in [-0.39, 0.29) is 5.91 Å². The molecule has 128 valence electrons. The number of rotatable bonds is 7. The van der Waals surface area contributed by atoms with Crippen LogP contribution in [0.2, 0.25) is 0 Å². The van der Waals surface area contributed by atoms with E-state index in [1.807, 2.05) is 55.5 Å². The van der Waals surface area contributed by atoms with E-state index in [4.69, 9.17) is 4.74 Å². The number of pyridine rings is 1. The molecule has 5 nitrogen and oxygen atoms in total. The van der Waals surface area contributed by atoms with Crippen LogP contribution >= 0.6 is 11.3 Å². The van der Waals surface area contributed by atoms with Crippen molar-refractivity contribution in [2.45, 2.75) is 26.5 Å². The van der Waals surface area contributed by atoms with Crippen molar-refractivity contribution in [1.29, 1.82) is 0 Å². The summed E-state index contributed by atoms with van der Waals surface area (Å²) in [6.45, 7) is 2.76. The van der Waals surface area contributed by atoms with Gasteiger partial charge < -0.3 is 10.1 Å². The van der Waals surface area contributed by atoms with Crippen LogP contribution in [0.5, 0.6) is 5.75 Å². The Morgan fingerprint density at radius 2 is 1.96 bits per heavy atom. The summed E-state index contributed by atoms with van der Waals surface area (Å²) in [4.78, 5) is 21.8. The first kappa shape index (κ1) is 17.1. The van der Waals surface area contributed by atoms with E-state index >= 15 is 0 Å². The number of hydrogen-bond donors (Lipinski definition) is 1. The van der Waals surface area contributed by atoms with E-state index < -0.39 is 0 Å². The number of thiazole rings is 1. The number of para-hydroxylation sites is 1. The van der Waals surface area contributed by atoms with Crippen molar-refractivity contribution in [1.82, 2.24) is 15.3 Å². The van der Waals surface area contributed by atoms with Gasteiger partial charge in [0, 0.05) is 11.1 Å². The maximum absolute atomic E-state index is 12.1. The van der Waals surface area contributed by atoms with E-state index in [1.165, 1.54) is 11.3 Å². The first-order chi connectivity index (χ1) is 12.2. The third-order valence-electron chi connectivity index (χ3n) is 3.56. The van der Waals surface area contributed by atoms with E-state index in [0.29, 0.717) is 19.6 Å². The molecular weight excluding hydrogens is 334 g/mol. The molecule has 0 aliphatic rings. The third kappa shape index (κ3) is 5.12. The lowest BCUT2D eigenvalue weighted by Gasteiger charge is -2.04. The number of aryl methyl sites for hydroxylation is 1. The second-order valence-corrected chi connectivity index (χ2v) is 6.66. The largest absolute Gasteiger partial charge is 0.486 e. The van der Waals surface area contributed by atoms with E-state index in [9.17, 15) is 4.79 Å². The van der Waals surface area contributed by atoms with Gasteiger partial charge >= 0.3 is 0 Å². The molecule has 0 fully saturated rings. The zero-order valence-corrected chi connectivity index (χ0v) is 14.8. The van der Waals surface area contributed by atoms with Crippen LogP contribution < -0.4 is 10.1 Å². The van der Waals surface area contributed by atoms with Crippen LogP contribution in [0.25, 0.3) is 0 Å². The molecule has 0 aliphatic carbocycles. The SMILES string of the molecule is Cc1nc(COc2ccccc2)sc1CC(=O)NCc1ccccn1. The Morgan fingerprint density at radius 3 is 2.72 bits per heavy atom. The summed E-state index contributed by atoms with van der Waals surface area (Å²) in [6.07, 6.45) is 2.04. The van der Waals surface area contributed by atoms with Crippen molar-refractivity contribution in [2.24, 2.45) is 0 Å². The first-order valence-electron chi connectivity index (χ1n) is 8.00. The predicted molar refractivity (Wildman–Crippen MR) is 97.4 cm³/mol. The highest BCUT2D eigenvalue weighted by Gasteiger charge is 2.12. The van der Waals surface area contributed by atoms with E-state index in [1.54, 1.807) is 6.20 Å². The average Bonchev–Trinajstić information content (AvgIpc) is 2.99. The molecule has 1 aromatic carbocycles.